The van der Waals surface area contributed by atoms with E-state index in [0.717, 1.165) is 42.1 Å². The Bertz CT molecular complexity index is 1150. The number of ether oxygens (including phenoxy) is 1. The second-order valence-electron chi connectivity index (χ2n) is 7.83. The third-order valence-corrected chi connectivity index (χ3v) is 5.47. The summed E-state index contributed by atoms with van der Waals surface area (Å²) in [7, 11) is 0. The van der Waals surface area contributed by atoms with Gasteiger partial charge in [0.1, 0.15) is 17.5 Å². The highest BCUT2D eigenvalue weighted by Crippen LogP contribution is 2.34. The normalized spacial score (nSPS) is 14.8. The minimum atomic E-state index is -0.384. The van der Waals surface area contributed by atoms with Gasteiger partial charge in [0.2, 0.25) is 0 Å². The van der Waals surface area contributed by atoms with Crippen molar-refractivity contribution in [2.45, 2.75) is 34.1 Å². The first kappa shape index (κ1) is 21.7. The molecule has 7 heteroatoms. The van der Waals surface area contributed by atoms with Gasteiger partial charge >= 0.3 is 6.01 Å². The van der Waals surface area contributed by atoms with Gasteiger partial charge in [0, 0.05) is 24.7 Å². The van der Waals surface area contributed by atoms with E-state index in [9.17, 15) is 0 Å². The Kier molecular flexibility index (Phi) is 6.35. The van der Waals surface area contributed by atoms with E-state index in [1.807, 2.05) is 50.3 Å². The van der Waals surface area contributed by atoms with Crippen LogP contribution in [0, 0.1) is 5.82 Å². The van der Waals surface area contributed by atoms with E-state index in [-0.39, 0.29) is 17.6 Å². The van der Waals surface area contributed by atoms with Crippen molar-refractivity contribution in [1.29, 1.82) is 0 Å². The largest absolute Gasteiger partial charge is 0.421 e. The molecule has 166 valence electrons. The Labute approximate surface area is 188 Å². The van der Waals surface area contributed by atoms with E-state index in [2.05, 4.69) is 39.0 Å². The molecule has 0 saturated heterocycles. The molecule has 2 heterocycles. The van der Waals surface area contributed by atoms with Gasteiger partial charge in [-0.1, -0.05) is 29.9 Å². The zero-order valence-corrected chi connectivity index (χ0v) is 18.9. The molecular weight excluding hydrogens is 405 g/mol. The molecule has 0 bridgehead atoms. The average Bonchev–Trinajstić information content (AvgIpc) is 3.37. The molecule has 0 amide bonds. The van der Waals surface area contributed by atoms with Crippen LogP contribution in [-0.2, 0) is 6.42 Å². The molecule has 32 heavy (non-hydrogen) atoms. The smallest absolute Gasteiger partial charge is 0.326 e. The number of hydrogen-bond donors (Lipinski definition) is 1. The summed E-state index contributed by atoms with van der Waals surface area (Å²) in [5.41, 5.74) is 3.80. The van der Waals surface area contributed by atoms with Crippen LogP contribution in [0.25, 0.3) is 6.08 Å². The number of aromatic nitrogens is 2. The molecule has 1 aliphatic carbocycles. The molecule has 1 aromatic carbocycles. The average molecular weight is 434 g/mol. The number of rotatable bonds is 7. The lowest BCUT2D eigenvalue weighted by Crippen LogP contribution is -2.23. The number of amidine groups is 1. The lowest BCUT2D eigenvalue weighted by Gasteiger charge is -2.21. The summed E-state index contributed by atoms with van der Waals surface area (Å²) in [6, 6.07) is 5.49. The zero-order chi connectivity index (χ0) is 22.7. The Morgan fingerprint density at radius 3 is 2.75 bits per heavy atom. The van der Waals surface area contributed by atoms with Crippen LogP contribution in [0.2, 0.25) is 0 Å². The topological polar surface area (TPSA) is 62.6 Å². The van der Waals surface area contributed by atoms with Crippen molar-refractivity contribution in [2.24, 2.45) is 4.99 Å². The number of hydrogen-bond acceptors (Lipinski definition) is 6. The monoisotopic (exact) mass is 433 g/mol. The van der Waals surface area contributed by atoms with Gasteiger partial charge in [-0.2, -0.15) is 9.97 Å². The van der Waals surface area contributed by atoms with E-state index in [1.54, 1.807) is 6.07 Å². The summed E-state index contributed by atoms with van der Waals surface area (Å²) in [6.07, 6.45) is 8.63. The van der Waals surface area contributed by atoms with Gasteiger partial charge in [-0.15, -0.1) is 0 Å². The third kappa shape index (κ3) is 4.56. The molecule has 0 spiro atoms. The molecular formula is C25H28FN5O. The van der Waals surface area contributed by atoms with Gasteiger partial charge in [-0.05, 0) is 57.4 Å². The molecule has 0 saturated carbocycles. The minimum absolute atomic E-state index is 0.0886. The van der Waals surface area contributed by atoms with Crippen LogP contribution in [-0.4, -0.2) is 35.4 Å². The summed E-state index contributed by atoms with van der Waals surface area (Å²) in [4.78, 5) is 15.6. The van der Waals surface area contributed by atoms with Gasteiger partial charge in [0.25, 0.3) is 0 Å². The minimum Gasteiger partial charge on any atom is -0.421 e. The standard InChI is InChI=1S/C25H28FN5O/c1-5-8-17-13-21(27-15-17)28-22-14-23(31(6-2)7-3)30-25(29-22)32-20-10-9-18-11-16(4)12-19(18)24(20)26/h5,8-10,12-14H,6-7,11,15H2,1-4H3,(H,27,28,29,30)/b8-5+. The van der Waals surface area contributed by atoms with Crippen molar-refractivity contribution in [3.05, 3.63) is 64.5 Å². The Balaban J connectivity index is 1.65. The van der Waals surface area contributed by atoms with E-state index >= 15 is 4.39 Å². The molecule has 0 unspecified atom stereocenters. The molecule has 0 radical (unpaired) electrons. The molecule has 1 N–H and O–H groups in total. The predicted octanol–water partition coefficient (Wildman–Crippen LogP) is 5.54. The molecule has 2 aliphatic rings. The maximum atomic E-state index is 15.1. The molecule has 6 nitrogen and oxygen atoms in total. The van der Waals surface area contributed by atoms with Gasteiger partial charge in [-0.25, -0.2) is 4.39 Å². The summed E-state index contributed by atoms with van der Waals surface area (Å²) >= 11 is 0. The highest BCUT2D eigenvalue weighted by atomic mass is 19.1. The maximum absolute atomic E-state index is 15.1. The fourth-order valence-corrected chi connectivity index (χ4v) is 3.90. The molecule has 1 aliphatic heterocycles. The van der Waals surface area contributed by atoms with Crippen molar-refractivity contribution in [3.8, 4) is 11.8 Å². The number of fused-ring (bicyclic) bond motifs is 1. The van der Waals surface area contributed by atoms with Crippen molar-refractivity contribution < 1.29 is 9.13 Å². The number of allylic oxidation sites excluding steroid dienone is 2. The second kappa shape index (κ2) is 9.34. The van der Waals surface area contributed by atoms with Crippen LogP contribution in [0.3, 0.4) is 0 Å². The first-order chi connectivity index (χ1) is 15.5. The van der Waals surface area contributed by atoms with Gasteiger partial charge in [0.05, 0.1) is 6.54 Å². The predicted molar refractivity (Wildman–Crippen MR) is 128 cm³/mol. The Hall–Kier alpha value is -3.48. The third-order valence-electron chi connectivity index (χ3n) is 5.47. The van der Waals surface area contributed by atoms with Crippen LogP contribution in [0.1, 0.15) is 38.8 Å². The zero-order valence-electron chi connectivity index (χ0n) is 18.9. The maximum Gasteiger partial charge on any atom is 0.326 e. The van der Waals surface area contributed by atoms with Crippen LogP contribution in [0.5, 0.6) is 11.8 Å². The molecule has 2 aromatic rings. The number of benzene rings is 1. The molecule has 1 aromatic heterocycles. The van der Waals surface area contributed by atoms with Crippen molar-refractivity contribution in [1.82, 2.24) is 9.97 Å². The Morgan fingerprint density at radius 2 is 2.00 bits per heavy atom. The van der Waals surface area contributed by atoms with Crippen LogP contribution >= 0.6 is 0 Å². The van der Waals surface area contributed by atoms with Crippen molar-refractivity contribution >= 4 is 23.5 Å². The molecule has 4 rings (SSSR count). The fourth-order valence-electron chi connectivity index (χ4n) is 3.90. The summed E-state index contributed by atoms with van der Waals surface area (Å²) < 4.78 is 20.9. The number of nitrogens with zero attached hydrogens (tertiary/aromatic N) is 4. The summed E-state index contributed by atoms with van der Waals surface area (Å²) in [5.74, 6) is 1.70. The van der Waals surface area contributed by atoms with Gasteiger partial charge in [-0.3, -0.25) is 4.99 Å². The van der Waals surface area contributed by atoms with Crippen LogP contribution in [0.4, 0.5) is 16.0 Å². The van der Waals surface area contributed by atoms with Crippen LogP contribution < -0.4 is 15.0 Å². The number of anilines is 2. The SMILES string of the molecule is C/C=C/C1=CC(Nc2cc(N(CC)CC)nc(Oc3ccc4c(c3F)C=C(C)C4)n2)=NC1. The number of nitrogens with one attached hydrogen (secondary N) is 1. The highest BCUT2D eigenvalue weighted by Gasteiger charge is 2.20. The highest BCUT2D eigenvalue weighted by molar-refractivity contribution is 6.05. The van der Waals surface area contributed by atoms with Gasteiger partial charge in [0.15, 0.2) is 11.6 Å². The first-order valence-corrected chi connectivity index (χ1v) is 11.0. The van der Waals surface area contributed by atoms with E-state index in [4.69, 9.17) is 4.74 Å². The van der Waals surface area contributed by atoms with Crippen molar-refractivity contribution in [3.63, 3.8) is 0 Å². The van der Waals surface area contributed by atoms with E-state index in [0.29, 0.717) is 23.7 Å². The van der Waals surface area contributed by atoms with E-state index < -0.39 is 0 Å². The molecule has 0 fully saturated rings. The first-order valence-electron chi connectivity index (χ1n) is 11.0. The quantitative estimate of drug-likeness (QED) is 0.621. The number of halogens is 1. The van der Waals surface area contributed by atoms with Gasteiger partial charge < -0.3 is 15.0 Å². The molecule has 0 atom stereocenters. The van der Waals surface area contributed by atoms with Crippen LogP contribution in [0.15, 0.2) is 52.6 Å². The fraction of sp³-hybridized carbons (Fsp3) is 0.320. The summed E-state index contributed by atoms with van der Waals surface area (Å²) in [6.45, 7) is 10.3. The number of aliphatic imine (C=N–C) groups is 1. The lowest BCUT2D eigenvalue weighted by molar-refractivity contribution is 0.411. The Morgan fingerprint density at radius 1 is 1.19 bits per heavy atom. The second-order valence-corrected chi connectivity index (χ2v) is 7.83. The van der Waals surface area contributed by atoms with E-state index in [1.165, 1.54) is 0 Å². The van der Waals surface area contributed by atoms with Crippen molar-refractivity contribution in [2.75, 3.05) is 29.9 Å². The lowest BCUT2D eigenvalue weighted by atomic mass is 10.1. The summed E-state index contributed by atoms with van der Waals surface area (Å²) in [5, 5.41) is 3.24.